The van der Waals surface area contributed by atoms with Gasteiger partial charge in [0.2, 0.25) is 0 Å². The maximum atomic E-state index is 12.7. The minimum Gasteiger partial charge on any atom is -0.363 e. The molecule has 0 aliphatic rings. The third kappa shape index (κ3) is 4.77. The van der Waals surface area contributed by atoms with E-state index in [-0.39, 0.29) is 5.78 Å². The lowest BCUT2D eigenvalue weighted by Crippen LogP contribution is -2.22. The lowest BCUT2D eigenvalue weighted by molar-refractivity contribution is 0.103. The van der Waals surface area contributed by atoms with Gasteiger partial charge in [-0.25, -0.2) is 0 Å². The van der Waals surface area contributed by atoms with Crippen molar-refractivity contribution < 1.29 is 4.79 Å². The minimum atomic E-state index is -0.0117. The first-order valence-electron chi connectivity index (χ1n) is 9.67. The molecule has 0 saturated heterocycles. The van der Waals surface area contributed by atoms with Gasteiger partial charge < -0.3 is 4.90 Å². The Labute approximate surface area is 171 Å². The number of rotatable bonds is 7. The summed E-state index contributed by atoms with van der Waals surface area (Å²) in [6, 6.07) is 32.3. The van der Waals surface area contributed by atoms with E-state index in [0.717, 1.165) is 18.8 Å². The molecule has 0 amide bonds. The van der Waals surface area contributed by atoms with Crippen molar-refractivity contribution in [2.75, 3.05) is 4.90 Å². The van der Waals surface area contributed by atoms with Crippen molar-refractivity contribution in [1.82, 2.24) is 4.98 Å². The average Bonchev–Trinajstić information content (AvgIpc) is 2.80. The minimum absolute atomic E-state index is 0.0117. The molecule has 0 spiro atoms. The van der Waals surface area contributed by atoms with Crippen LogP contribution in [0.4, 0.5) is 5.69 Å². The summed E-state index contributed by atoms with van der Waals surface area (Å²) in [6.45, 7) is 1.59. The molecule has 3 nitrogen and oxygen atoms in total. The molecule has 1 heterocycles. The summed E-state index contributed by atoms with van der Waals surface area (Å²) in [5.74, 6) is -0.0117. The van der Waals surface area contributed by atoms with Gasteiger partial charge in [0, 0.05) is 42.3 Å². The molecule has 0 N–H and O–H groups in total. The summed E-state index contributed by atoms with van der Waals surface area (Å²) in [5, 5.41) is 0. The molecule has 3 aromatic carbocycles. The number of pyridine rings is 1. The number of hydrogen-bond acceptors (Lipinski definition) is 3. The summed E-state index contributed by atoms with van der Waals surface area (Å²) >= 11 is 0. The summed E-state index contributed by atoms with van der Waals surface area (Å²) in [4.78, 5) is 19.0. The lowest BCUT2D eigenvalue weighted by atomic mass is 10.0. The van der Waals surface area contributed by atoms with Crippen LogP contribution < -0.4 is 4.90 Å². The molecule has 4 rings (SSSR count). The number of aromatic nitrogens is 1. The monoisotopic (exact) mass is 378 g/mol. The number of anilines is 1. The smallest absolute Gasteiger partial charge is 0.194 e. The Kier molecular flexibility index (Phi) is 5.77. The summed E-state index contributed by atoms with van der Waals surface area (Å²) in [7, 11) is 0. The fraction of sp³-hybridized carbons (Fsp3) is 0.0769. The molecule has 0 unspecified atom stereocenters. The Morgan fingerprint density at radius 3 is 1.76 bits per heavy atom. The molecular formula is C26H22N2O. The number of ketones is 1. The number of benzene rings is 3. The second-order valence-electron chi connectivity index (χ2n) is 6.94. The third-order valence-electron chi connectivity index (χ3n) is 4.85. The SMILES string of the molecule is O=C(c1ccc(N(Cc2ccccc2)Cc2ccccc2)cc1)c1cccnc1. The Balaban J connectivity index is 1.59. The highest BCUT2D eigenvalue weighted by Gasteiger charge is 2.12. The van der Waals surface area contributed by atoms with Crippen LogP contribution in [0.2, 0.25) is 0 Å². The normalized spacial score (nSPS) is 10.5. The van der Waals surface area contributed by atoms with Gasteiger partial charge in [0.1, 0.15) is 0 Å². The van der Waals surface area contributed by atoms with Crippen LogP contribution >= 0.6 is 0 Å². The predicted octanol–water partition coefficient (Wildman–Crippen LogP) is 5.52. The number of hydrogen-bond donors (Lipinski definition) is 0. The molecule has 4 aromatic rings. The van der Waals surface area contributed by atoms with Gasteiger partial charge in [-0.1, -0.05) is 60.7 Å². The standard InChI is InChI=1S/C26H22N2O/c29-26(24-12-7-17-27-18-24)23-13-15-25(16-14-23)28(19-21-8-3-1-4-9-21)20-22-10-5-2-6-11-22/h1-18H,19-20H2. The molecule has 1 aromatic heterocycles. The van der Waals surface area contributed by atoms with Crippen molar-refractivity contribution in [3.05, 3.63) is 132 Å². The fourth-order valence-corrected chi connectivity index (χ4v) is 3.33. The van der Waals surface area contributed by atoms with E-state index in [2.05, 4.69) is 58.4 Å². The van der Waals surface area contributed by atoms with Crippen molar-refractivity contribution >= 4 is 11.5 Å². The van der Waals surface area contributed by atoms with Crippen LogP contribution in [0.5, 0.6) is 0 Å². The Morgan fingerprint density at radius 1 is 0.655 bits per heavy atom. The molecule has 0 aliphatic carbocycles. The lowest BCUT2D eigenvalue weighted by Gasteiger charge is -2.25. The molecule has 0 radical (unpaired) electrons. The zero-order chi connectivity index (χ0) is 19.9. The first-order valence-corrected chi connectivity index (χ1v) is 9.67. The maximum Gasteiger partial charge on any atom is 0.194 e. The average molecular weight is 378 g/mol. The van der Waals surface area contributed by atoms with Crippen LogP contribution in [0, 0.1) is 0 Å². The van der Waals surface area contributed by atoms with E-state index in [1.165, 1.54) is 11.1 Å². The fourth-order valence-electron chi connectivity index (χ4n) is 3.33. The molecular weight excluding hydrogens is 356 g/mol. The van der Waals surface area contributed by atoms with E-state index in [9.17, 15) is 4.79 Å². The molecule has 3 heteroatoms. The molecule has 0 fully saturated rings. The molecule has 0 bridgehead atoms. The number of carbonyl (C=O) groups is 1. The van der Waals surface area contributed by atoms with Crippen molar-refractivity contribution in [2.45, 2.75) is 13.1 Å². The van der Waals surface area contributed by atoms with E-state index >= 15 is 0 Å². The summed E-state index contributed by atoms with van der Waals surface area (Å²) in [5.41, 5.74) is 4.85. The first kappa shape index (κ1) is 18.6. The van der Waals surface area contributed by atoms with Crippen LogP contribution in [-0.2, 0) is 13.1 Å². The van der Waals surface area contributed by atoms with E-state index in [4.69, 9.17) is 0 Å². The zero-order valence-electron chi connectivity index (χ0n) is 16.1. The Hall–Kier alpha value is -3.72. The second-order valence-corrected chi connectivity index (χ2v) is 6.94. The Morgan fingerprint density at radius 2 is 1.24 bits per heavy atom. The molecule has 0 aliphatic heterocycles. The van der Waals surface area contributed by atoms with Crippen LogP contribution in [0.15, 0.2) is 109 Å². The van der Waals surface area contributed by atoms with E-state index < -0.39 is 0 Å². The third-order valence-corrected chi connectivity index (χ3v) is 4.85. The van der Waals surface area contributed by atoms with Crippen LogP contribution in [-0.4, -0.2) is 10.8 Å². The van der Waals surface area contributed by atoms with E-state index in [1.54, 1.807) is 24.5 Å². The van der Waals surface area contributed by atoms with Gasteiger partial charge >= 0.3 is 0 Å². The summed E-state index contributed by atoms with van der Waals surface area (Å²) in [6.07, 6.45) is 3.28. The van der Waals surface area contributed by atoms with Crippen molar-refractivity contribution in [3.63, 3.8) is 0 Å². The molecule has 29 heavy (non-hydrogen) atoms. The highest BCUT2D eigenvalue weighted by molar-refractivity contribution is 6.08. The number of carbonyl (C=O) groups excluding carboxylic acids is 1. The van der Waals surface area contributed by atoms with Crippen molar-refractivity contribution in [3.8, 4) is 0 Å². The Bertz CT molecular complexity index is 1000. The predicted molar refractivity (Wildman–Crippen MR) is 117 cm³/mol. The van der Waals surface area contributed by atoms with Gasteiger partial charge in [-0.2, -0.15) is 0 Å². The first-order chi connectivity index (χ1) is 14.3. The maximum absolute atomic E-state index is 12.7. The van der Waals surface area contributed by atoms with E-state index in [0.29, 0.717) is 11.1 Å². The van der Waals surface area contributed by atoms with Crippen molar-refractivity contribution in [1.29, 1.82) is 0 Å². The van der Waals surface area contributed by atoms with Gasteiger partial charge in [-0.15, -0.1) is 0 Å². The van der Waals surface area contributed by atoms with Gasteiger partial charge in [0.25, 0.3) is 0 Å². The topological polar surface area (TPSA) is 33.2 Å². The van der Waals surface area contributed by atoms with E-state index in [1.807, 2.05) is 36.4 Å². The van der Waals surface area contributed by atoms with Crippen molar-refractivity contribution in [2.24, 2.45) is 0 Å². The molecule has 142 valence electrons. The molecule has 0 atom stereocenters. The highest BCUT2D eigenvalue weighted by Crippen LogP contribution is 2.22. The van der Waals surface area contributed by atoms with Gasteiger partial charge in [0.15, 0.2) is 5.78 Å². The highest BCUT2D eigenvalue weighted by atomic mass is 16.1. The second kappa shape index (κ2) is 8.98. The van der Waals surface area contributed by atoms with Gasteiger partial charge in [0.05, 0.1) is 0 Å². The largest absolute Gasteiger partial charge is 0.363 e. The quantitative estimate of drug-likeness (QED) is 0.397. The van der Waals surface area contributed by atoms with Gasteiger partial charge in [-0.3, -0.25) is 9.78 Å². The van der Waals surface area contributed by atoms with Crippen LogP contribution in [0.1, 0.15) is 27.0 Å². The number of nitrogens with zero attached hydrogens (tertiary/aromatic N) is 2. The van der Waals surface area contributed by atoms with Crippen LogP contribution in [0.25, 0.3) is 0 Å². The zero-order valence-corrected chi connectivity index (χ0v) is 16.1. The van der Waals surface area contributed by atoms with Gasteiger partial charge in [-0.05, 0) is 47.5 Å². The van der Waals surface area contributed by atoms with Crippen LogP contribution in [0.3, 0.4) is 0 Å². The summed E-state index contributed by atoms with van der Waals surface area (Å²) < 4.78 is 0. The molecule has 0 saturated carbocycles.